The molecular weight excluding hydrogens is 412 g/mol. The molecule has 6 nitrogen and oxygen atoms in total. The van der Waals surface area contributed by atoms with Gasteiger partial charge >= 0.3 is 0 Å². The Balaban J connectivity index is 1.69. The second kappa shape index (κ2) is 8.93. The highest BCUT2D eigenvalue weighted by Crippen LogP contribution is 2.31. The molecule has 1 aliphatic heterocycles. The molecule has 166 valence electrons. The number of nitrogens with one attached hydrogen (secondary N) is 1. The monoisotopic (exact) mass is 442 g/mol. The summed E-state index contributed by atoms with van der Waals surface area (Å²) in [5, 5.41) is 2.88. The second-order valence-corrected chi connectivity index (χ2v) is 10.3. The second-order valence-electron chi connectivity index (χ2n) is 8.39. The molecule has 3 rings (SSSR count). The number of benzene rings is 2. The van der Waals surface area contributed by atoms with E-state index in [1.807, 2.05) is 33.8 Å². The summed E-state index contributed by atoms with van der Waals surface area (Å²) in [7, 11) is -3.62. The molecule has 1 aliphatic rings. The quantitative estimate of drug-likeness (QED) is 0.705. The minimum atomic E-state index is -3.62. The number of carbonyl (C=O) groups is 2. The van der Waals surface area contributed by atoms with Crippen LogP contribution in [-0.4, -0.2) is 37.5 Å². The van der Waals surface area contributed by atoms with Gasteiger partial charge in [0.15, 0.2) is 5.78 Å². The van der Waals surface area contributed by atoms with E-state index < -0.39 is 10.0 Å². The SMILES string of the molecule is CC(=O)c1ccc(NC(=O)C2CCN(S(=O)(=O)c3c(C)c(C)cc(C)c3C)CC2)cc1. The lowest BCUT2D eigenvalue weighted by Crippen LogP contribution is -2.41. The molecule has 0 bridgehead atoms. The maximum absolute atomic E-state index is 13.4. The molecule has 0 aliphatic carbocycles. The van der Waals surface area contributed by atoms with E-state index in [1.165, 1.54) is 11.2 Å². The Kier molecular flexibility index (Phi) is 6.67. The van der Waals surface area contributed by atoms with Gasteiger partial charge in [0.1, 0.15) is 0 Å². The molecule has 0 atom stereocenters. The first-order valence-electron chi connectivity index (χ1n) is 10.5. The van der Waals surface area contributed by atoms with E-state index in [0.717, 1.165) is 22.3 Å². The molecule has 1 heterocycles. The molecule has 0 unspecified atom stereocenters. The van der Waals surface area contributed by atoms with Crippen LogP contribution in [0.15, 0.2) is 35.2 Å². The number of Topliss-reactive ketones (excluding diaryl/α,β-unsaturated/α-hetero) is 1. The molecule has 31 heavy (non-hydrogen) atoms. The number of hydrogen-bond acceptors (Lipinski definition) is 4. The van der Waals surface area contributed by atoms with Crippen molar-refractivity contribution >= 4 is 27.4 Å². The fraction of sp³-hybridized carbons (Fsp3) is 0.417. The molecule has 1 amide bonds. The van der Waals surface area contributed by atoms with Crippen LogP contribution in [0.4, 0.5) is 5.69 Å². The van der Waals surface area contributed by atoms with Crippen LogP contribution in [0.25, 0.3) is 0 Å². The first-order chi connectivity index (χ1) is 14.5. The van der Waals surface area contributed by atoms with Gasteiger partial charge in [-0.25, -0.2) is 8.42 Å². The highest BCUT2D eigenvalue weighted by Gasteiger charge is 2.34. The number of amides is 1. The van der Waals surface area contributed by atoms with Gasteiger partial charge in [-0.05, 0) is 94.0 Å². The van der Waals surface area contributed by atoms with Gasteiger partial charge in [-0.15, -0.1) is 0 Å². The molecular formula is C24H30N2O4S. The van der Waals surface area contributed by atoms with Gasteiger partial charge in [-0.2, -0.15) is 4.31 Å². The van der Waals surface area contributed by atoms with E-state index in [1.54, 1.807) is 24.3 Å². The number of hydrogen-bond donors (Lipinski definition) is 1. The zero-order valence-electron chi connectivity index (χ0n) is 18.8. The molecule has 0 aromatic heterocycles. The third-order valence-corrected chi connectivity index (χ3v) is 8.45. The number of nitrogens with zero attached hydrogens (tertiary/aromatic N) is 1. The van der Waals surface area contributed by atoms with Crippen molar-refractivity contribution in [1.82, 2.24) is 4.31 Å². The van der Waals surface area contributed by atoms with Crippen molar-refractivity contribution in [3.63, 3.8) is 0 Å². The molecule has 1 fully saturated rings. The van der Waals surface area contributed by atoms with Crippen molar-refractivity contribution in [2.75, 3.05) is 18.4 Å². The minimum Gasteiger partial charge on any atom is -0.326 e. The average molecular weight is 443 g/mol. The van der Waals surface area contributed by atoms with Crippen LogP contribution >= 0.6 is 0 Å². The average Bonchev–Trinajstić information content (AvgIpc) is 2.73. The van der Waals surface area contributed by atoms with E-state index in [9.17, 15) is 18.0 Å². The van der Waals surface area contributed by atoms with Gasteiger partial charge in [0.05, 0.1) is 4.90 Å². The molecule has 2 aromatic rings. The topological polar surface area (TPSA) is 83.6 Å². The van der Waals surface area contributed by atoms with Crippen molar-refractivity contribution in [2.45, 2.75) is 52.4 Å². The lowest BCUT2D eigenvalue weighted by molar-refractivity contribution is -0.120. The van der Waals surface area contributed by atoms with Crippen molar-refractivity contribution in [2.24, 2.45) is 5.92 Å². The third kappa shape index (κ3) is 4.72. The lowest BCUT2D eigenvalue weighted by atomic mass is 9.97. The Hall–Kier alpha value is -2.51. The number of sulfonamides is 1. The Labute approximate surface area is 184 Å². The van der Waals surface area contributed by atoms with Crippen LogP contribution < -0.4 is 5.32 Å². The lowest BCUT2D eigenvalue weighted by Gasteiger charge is -2.31. The third-order valence-electron chi connectivity index (χ3n) is 6.28. The smallest absolute Gasteiger partial charge is 0.243 e. The van der Waals surface area contributed by atoms with Gasteiger partial charge in [-0.1, -0.05) is 6.07 Å². The largest absolute Gasteiger partial charge is 0.326 e. The zero-order valence-corrected chi connectivity index (χ0v) is 19.6. The fourth-order valence-electron chi connectivity index (χ4n) is 4.09. The molecule has 0 saturated carbocycles. The normalized spacial score (nSPS) is 15.6. The molecule has 7 heteroatoms. The molecule has 0 radical (unpaired) electrons. The van der Waals surface area contributed by atoms with Gasteiger partial charge in [0.25, 0.3) is 0 Å². The summed E-state index contributed by atoms with van der Waals surface area (Å²) >= 11 is 0. The van der Waals surface area contributed by atoms with Crippen LogP contribution in [0.1, 0.15) is 52.4 Å². The Morgan fingerprint density at radius 1 is 0.935 bits per heavy atom. The fourth-order valence-corrected chi connectivity index (χ4v) is 6.13. The van der Waals surface area contributed by atoms with E-state index in [4.69, 9.17) is 0 Å². The summed E-state index contributed by atoms with van der Waals surface area (Å²) in [4.78, 5) is 24.4. The summed E-state index contributed by atoms with van der Waals surface area (Å²) in [6.45, 7) is 9.70. The summed E-state index contributed by atoms with van der Waals surface area (Å²) in [5.74, 6) is -0.396. The Bertz CT molecular complexity index is 1090. The molecule has 1 saturated heterocycles. The highest BCUT2D eigenvalue weighted by molar-refractivity contribution is 7.89. The van der Waals surface area contributed by atoms with E-state index in [2.05, 4.69) is 5.32 Å². The zero-order chi connectivity index (χ0) is 22.9. The van der Waals surface area contributed by atoms with Crippen molar-refractivity contribution in [3.05, 3.63) is 58.1 Å². The number of aryl methyl sites for hydroxylation is 2. The maximum Gasteiger partial charge on any atom is 0.243 e. The van der Waals surface area contributed by atoms with E-state index >= 15 is 0 Å². The van der Waals surface area contributed by atoms with E-state index in [0.29, 0.717) is 42.1 Å². The summed E-state index contributed by atoms with van der Waals surface area (Å²) < 4.78 is 28.3. The van der Waals surface area contributed by atoms with Gasteiger partial charge in [-0.3, -0.25) is 9.59 Å². The highest BCUT2D eigenvalue weighted by atomic mass is 32.2. The number of ketones is 1. The van der Waals surface area contributed by atoms with Crippen LogP contribution in [-0.2, 0) is 14.8 Å². The van der Waals surface area contributed by atoms with Crippen LogP contribution in [0, 0.1) is 33.6 Å². The number of rotatable bonds is 5. The molecule has 1 N–H and O–H groups in total. The first kappa shape index (κ1) is 23.2. The minimum absolute atomic E-state index is 0.0271. The van der Waals surface area contributed by atoms with Crippen molar-refractivity contribution in [1.29, 1.82) is 0 Å². The number of anilines is 1. The van der Waals surface area contributed by atoms with Crippen LogP contribution in [0.2, 0.25) is 0 Å². The van der Waals surface area contributed by atoms with Crippen LogP contribution in [0.3, 0.4) is 0 Å². The predicted molar refractivity (Wildman–Crippen MR) is 122 cm³/mol. The Morgan fingerprint density at radius 2 is 1.45 bits per heavy atom. The summed E-state index contributed by atoms with van der Waals surface area (Å²) in [6.07, 6.45) is 0.943. The van der Waals surface area contributed by atoms with Gasteiger partial charge < -0.3 is 5.32 Å². The number of carbonyl (C=O) groups excluding carboxylic acids is 2. The van der Waals surface area contributed by atoms with Gasteiger partial charge in [0.2, 0.25) is 15.9 Å². The summed E-state index contributed by atoms with van der Waals surface area (Å²) in [6, 6.07) is 8.80. The summed E-state index contributed by atoms with van der Waals surface area (Å²) in [5.41, 5.74) is 4.73. The van der Waals surface area contributed by atoms with Crippen molar-refractivity contribution in [3.8, 4) is 0 Å². The predicted octanol–water partition coefficient (Wildman–Crippen LogP) is 4.16. The van der Waals surface area contributed by atoms with Gasteiger partial charge in [0, 0.05) is 30.3 Å². The first-order valence-corrected chi connectivity index (χ1v) is 12.0. The molecule has 2 aromatic carbocycles. The Morgan fingerprint density at radius 3 is 1.94 bits per heavy atom. The van der Waals surface area contributed by atoms with E-state index in [-0.39, 0.29) is 17.6 Å². The number of piperidine rings is 1. The maximum atomic E-state index is 13.4. The van der Waals surface area contributed by atoms with Crippen LogP contribution in [0.5, 0.6) is 0 Å². The molecule has 0 spiro atoms. The standard InChI is InChI=1S/C24H30N2O4S/c1-15-14-16(2)18(4)23(17(15)3)31(29,30)26-12-10-21(11-13-26)24(28)25-22-8-6-20(7-9-22)19(5)27/h6-9,14,21H,10-13H2,1-5H3,(H,25,28). The van der Waals surface area contributed by atoms with Crippen molar-refractivity contribution < 1.29 is 18.0 Å².